The van der Waals surface area contributed by atoms with Crippen molar-refractivity contribution in [2.45, 2.75) is 33.6 Å². The smallest absolute Gasteiger partial charge is 0.0316 e. The Labute approximate surface area is 63.2 Å². The van der Waals surface area contributed by atoms with Gasteiger partial charge in [0.2, 0.25) is 0 Å². The van der Waals surface area contributed by atoms with Crippen molar-refractivity contribution < 1.29 is 4.48 Å². The standard InChI is InChI=1S/C8H18FN/c1-4-6-10(9)7-8(3)5-2/h8H,4-7H2,1-3H3. The third kappa shape index (κ3) is 4.74. The maximum absolute atomic E-state index is 12.7. The van der Waals surface area contributed by atoms with Gasteiger partial charge in [0.25, 0.3) is 0 Å². The molecule has 1 atom stereocenters. The molecule has 0 heterocycles. The first-order chi connectivity index (χ1) is 4.70. The molecule has 0 spiro atoms. The maximum atomic E-state index is 12.7. The highest BCUT2D eigenvalue weighted by atomic mass is 19.2. The largest absolute Gasteiger partial charge is 0.146 e. The summed E-state index contributed by atoms with van der Waals surface area (Å²) < 4.78 is 12.7. The van der Waals surface area contributed by atoms with Crippen LogP contribution >= 0.6 is 0 Å². The lowest BCUT2D eigenvalue weighted by molar-refractivity contribution is 0.0107. The van der Waals surface area contributed by atoms with E-state index in [4.69, 9.17) is 0 Å². The molecule has 0 aromatic heterocycles. The van der Waals surface area contributed by atoms with Crippen LogP contribution in [0.25, 0.3) is 0 Å². The highest BCUT2D eigenvalue weighted by Crippen LogP contribution is 2.04. The van der Waals surface area contributed by atoms with Crippen LogP contribution in [0.15, 0.2) is 0 Å². The van der Waals surface area contributed by atoms with Crippen LogP contribution in [-0.2, 0) is 0 Å². The molecule has 1 unspecified atom stereocenters. The molecule has 0 bridgehead atoms. The SMILES string of the molecule is CCCN(F)CC(C)CC. The summed E-state index contributed by atoms with van der Waals surface area (Å²) in [5.74, 6) is 0.483. The van der Waals surface area contributed by atoms with Gasteiger partial charge in [0.15, 0.2) is 0 Å². The minimum Gasteiger partial charge on any atom is -0.146 e. The van der Waals surface area contributed by atoms with E-state index in [2.05, 4.69) is 13.8 Å². The Bertz CT molecular complexity index is 75.7. The lowest BCUT2D eigenvalue weighted by atomic mass is 10.1. The molecule has 62 valence electrons. The molecule has 0 radical (unpaired) electrons. The van der Waals surface area contributed by atoms with Crippen molar-refractivity contribution in [1.82, 2.24) is 5.12 Å². The predicted octanol–water partition coefficient (Wildman–Crippen LogP) is 2.63. The van der Waals surface area contributed by atoms with E-state index in [1.54, 1.807) is 0 Å². The lowest BCUT2D eigenvalue weighted by Gasteiger charge is -2.14. The lowest BCUT2D eigenvalue weighted by Crippen LogP contribution is -2.20. The Hall–Kier alpha value is -0.110. The molecular formula is C8H18FN. The third-order valence-electron chi connectivity index (χ3n) is 1.67. The Kier molecular flexibility index (Phi) is 5.60. The first-order valence-electron chi connectivity index (χ1n) is 4.11. The molecular weight excluding hydrogens is 129 g/mol. The van der Waals surface area contributed by atoms with Crippen LogP contribution < -0.4 is 0 Å². The van der Waals surface area contributed by atoms with E-state index in [0.29, 0.717) is 19.0 Å². The number of hydrogen-bond acceptors (Lipinski definition) is 1. The summed E-state index contributed by atoms with van der Waals surface area (Å²) in [6.45, 7) is 7.31. The van der Waals surface area contributed by atoms with Gasteiger partial charge in [-0.15, -0.1) is 9.60 Å². The van der Waals surface area contributed by atoms with Crippen molar-refractivity contribution in [2.75, 3.05) is 13.1 Å². The highest BCUT2D eigenvalue weighted by Gasteiger charge is 2.05. The number of hydrogen-bond donors (Lipinski definition) is 0. The van der Waals surface area contributed by atoms with E-state index in [1.165, 1.54) is 0 Å². The molecule has 0 saturated heterocycles. The molecule has 2 heteroatoms. The van der Waals surface area contributed by atoms with Gasteiger partial charge in [-0.3, -0.25) is 0 Å². The van der Waals surface area contributed by atoms with Crippen molar-refractivity contribution in [1.29, 1.82) is 0 Å². The van der Waals surface area contributed by atoms with Gasteiger partial charge in [-0.2, -0.15) is 0 Å². The minimum atomic E-state index is 0.483. The van der Waals surface area contributed by atoms with Crippen LogP contribution in [0.5, 0.6) is 0 Å². The topological polar surface area (TPSA) is 3.24 Å². The second kappa shape index (κ2) is 5.66. The minimum absolute atomic E-state index is 0.483. The van der Waals surface area contributed by atoms with Crippen LogP contribution in [0, 0.1) is 5.92 Å². The maximum Gasteiger partial charge on any atom is 0.0316 e. The fourth-order valence-electron chi connectivity index (χ4n) is 0.801. The van der Waals surface area contributed by atoms with Gasteiger partial charge in [-0.05, 0) is 12.3 Å². The van der Waals surface area contributed by atoms with E-state index in [9.17, 15) is 4.48 Å². The normalized spacial score (nSPS) is 14.1. The van der Waals surface area contributed by atoms with Gasteiger partial charge in [-0.1, -0.05) is 27.2 Å². The summed E-state index contributed by atoms with van der Waals surface area (Å²) in [6, 6.07) is 0. The van der Waals surface area contributed by atoms with E-state index >= 15 is 0 Å². The van der Waals surface area contributed by atoms with Crippen LogP contribution in [0.3, 0.4) is 0 Å². The molecule has 0 amide bonds. The van der Waals surface area contributed by atoms with E-state index in [0.717, 1.165) is 18.0 Å². The summed E-state index contributed by atoms with van der Waals surface area (Å²) in [6.07, 6.45) is 1.96. The van der Waals surface area contributed by atoms with Crippen LogP contribution in [-0.4, -0.2) is 18.2 Å². The molecule has 0 N–H and O–H groups in total. The second-order valence-electron chi connectivity index (χ2n) is 2.88. The van der Waals surface area contributed by atoms with Crippen LogP contribution in [0.1, 0.15) is 33.6 Å². The van der Waals surface area contributed by atoms with Gasteiger partial charge in [0.05, 0.1) is 0 Å². The van der Waals surface area contributed by atoms with Crippen molar-refractivity contribution in [2.24, 2.45) is 5.92 Å². The van der Waals surface area contributed by atoms with E-state index in [1.807, 2.05) is 6.92 Å². The molecule has 0 aromatic carbocycles. The van der Waals surface area contributed by atoms with Crippen LogP contribution in [0.2, 0.25) is 0 Å². The Morgan fingerprint density at radius 2 is 2.00 bits per heavy atom. The summed E-state index contributed by atoms with van der Waals surface area (Å²) in [5, 5.41) is 0.911. The van der Waals surface area contributed by atoms with Crippen LogP contribution in [0.4, 0.5) is 4.48 Å². The first kappa shape index (κ1) is 9.89. The zero-order valence-corrected chi connectivity index (χ0v) is 7.23. The first-order valence-corrected chi connectivity index (χ1v) is 4.11. The molecule has 0 aliphatic carbocycles. The molecule has 0 aliphatic rings. The monoisotopic (exact) mass is 147 g/mol. The van der Waals surface area contributed by atoms with Gasteiger partial charge in [0.1, 0.15) is 0 Å². The quantitative estimate of drug-likeness (QED) is 0.540. The molecule has 0 rings (SSSR count). The molecule has 0 aliphatic heterocycles. The summed E-state index contributed by atoms with van der Waals surface area (Å²) >= 11 is 0. The third-order valence-corrected chi connectivity index (χ3v) is 1.67. The van der Waals surface area contributed by atoms with Gasteiger partial charge in [0, 0.05) is 13.1 Å². The van der Waals surface area contributed by atoms with Crippen molar-refractivity contribution in [3.8, 4) is 0 Å². The predicted molar refractivity (Wildman–Crippen MR) is 42.4 cm³/mol. The van der Waals surface area contributed by atoms with Crippen molar-refractivity contribution in [3.05, 3.63) is 0 Å². The highest BCUT2D eigenvalue weighted by molar-refractivity contribution is 4.52. The van der Waals surface area contributed by atoms with Gasteiger partial charge >= 0.3 is 0 Å². The zero-order chi connectivity index (χ0) is 7.98. The van der Waals surface area contributed by atoms with E-state index < -0.39 is 0 Å². The summed E-state index contributed by atoms with van der Waals surface area (Å²) in [5.41, 5.74) is 0. The average Bonchev–Trinajstić information content (AvgIpc) is 1.88. The van der Waals surface area contributed by atoms with E-state index in [-0.39, 0.29) is 0 Å². The summed E-state index contributed by atoms with van der Waals surface area (Å²) in [4.78, 5) is 0. The number of nitrogens with zero attached hydrogens (tertiary/aromatic N) is 1. The van der Waals surface area contributed by atoms with Crippen molar-refractivity contribution in [3.63, 3.8) is 0 Å². The Balaban J connectivity index is 3.27. The molecule has 0 aromatic rings. The number of halogens is 1. The summed E-state index contributed by atoms with van der Waals surface area (Å²) in [7, 11) is 0. The molecule has 0 fully saturated rings. The fraction of sp³-hybridized carbons (Fsp3) is 1.00. The number of rotatable bonds is 5. The molecule has 10 heavy (non-hydrogen) atoms. The van der Waals surface area contributed by atoms with Gasteiger partial charge in [-0.25, -0.2) is 0 Å². The second-order valence-corrected chi connectivity index (χ2v) is 2.88. The zero-order valence-electron chi connectivity index (χ0n) is 7.23. The van der Waals surface area contributed by atoms with Gasteiger partial charge < -0.3 is 0 Å². The molecule has 0 saturated carbocycles. The van der Waals surface area contributed by atoms with Crippen molar-refractivity contribution >= 4 is 0 Å². The Morgan fingerprint density at radius 3 is 2.40 bits per heavy atom. The molecule has 1 nitrogen and oxygen atoms in total. The average molecular weight is 147 g/mol. The fourth-order valence-corrected chi connectivity index (χ4v) is 0.801. The Morgan fingerprint density at radius 1 is 1.40 bits per heavy atom.